The molecule has 1 aromatic rings. The second-order valence-corrected chi connectivity index (χ2v) is 4.29. The quantitative estimate of drug-likeness (QED) is 0.483. The van der Waals surface area contributed by atoms with Crippen LogP contribution in [-0.2, 0) is 0 Å². The molecular weight excluding hydrogens is 216 g/mol. The molecule has 0 spiro atoms. The van der Waals surface area contributed by atoms with E-state index in [0.29, 0.717) is 5.57 Å². The number of nitrogens with two attached hydrogens (primary N) is 1. The molecule has 0 aliphatic heterocycles. The van der Waals surface area contributed by atoms with E-state index in [9.17, 15) is 0 Å². The Morgan fingerprint density at radius 1 is 1.31 bits per heavy atom. The van der Waals surface area contributed by atoms with E-state index in [0.717, 1.165) is 16.7 Å². The average molecular weight is 230 g/mol. The van der Waals surface area contributed by atoms with Gasteiger partial charge in [0.05, 0.1) is 5.57 Å². The van der Waals surface area contributed by atoms with E-state index in [-0.39, 0.29) is 4.99 Å². The highest BCUT2D eigenvalue weighted by molar-refractivity contribution is 7.80. The van der Waals surface area contributed by atoms with Crippen LogP contribution in [0.4, 0.5) is 0 Å². The normalized spacial score (nSPS) is 11.0. The summed E-state index contributed by atoms with van der Waals surface area (Å²) < 4.78 is 0. The molecule has 1 aromatic carbocycles. The predicted octanol–water partition coefficient (Wildman–Crippen LogP) is 2.80. The van der Waals surface area contributed by atoms with Crippen molar-refractivity contribution in [2.24, 2.45) is 5.73 Å². The van der Waals surface area contributed by atoms with Crippen LogP contribution in [0.25, 0.3) is 6.08 Å². The Morgan fingerprint density at radius 2 is 1.81 bits per heavy atom. The van der Waals surface area contributed by atoms with Crippen molar-refractivity contribution >= 4 is 23.3 Å². The smallest absolute Gasteiger partial charge is 0.114 e. The molecule has 0 aliphatic carbocycles. The van der Waals surface area contributed by atoms with Crippen molar-refractivity contribution in [3.63, 3.8) is 0 Å². The molecule has 0 aliphatic rings. The molecule has 0 heterocycles. The number of nitriles is 1. The van der Waals surface area contributed by atoms with Crippen LogP contribution in [0.5, 0.6) is 0 Å². The topological polar surface area (TPSA) is 49.8 Å². The number of hydrogen-bond acceptors (Lipinski definition) is 2. The molecule has 0 saturated heterocycles. The van der Waals surface area contributed by atoms with Gasteiger partial charge in [-0.15, -0.1) is 0 Å². The lowest BCUT2D eigenvalue weighted by molar-refractivity contribution is 1.30. The summed E-state index contributed by atoms with van der Waals surface area (Å²) in [6, 6.07) is 6.17. The fraction of sp³-hybridized carbons (Fsp3) is 0.231. The molecule has 0 saturated carbocycles. The molecule has 0 radical (unpaired) electrons. The van der Waals surface area contributed by atoms with E-state index in [4.69, 9.17) is 23.2 Å². The van der Waals surface area contributed by atoms with Crippen LogP contribution in [0.15, 0.2) is 17.7 Å². The number of hydrogen-bond donors (Lipinski definition) is 1. The van der Waals surface area contributed by atoms with Crippen molar-refractivity contribution in [2.75, 3.05) is 0 Å². The summed E-state index contributed by atoms with van der Waals surface area (Å²) >= 11 is 4.81. The van der Waals surface area contributed by atoms with Gasteiger partial charge in [0.2, 0.25) is 0 Å². The fourth-order valence-electron chi connectivity index (χ4n) is 1.72. The van der Waals surface area contributed by atoms with Crippen LogP contribution >= 0.6 is 12.2 Å². The van der Waals surface area contributed by atoms with Crippen molar-refractivity contribution in [1.82, 2.24) is 0 Å². The lowest BCUT2D eigenvalue weighted by Gasteiger charge is -2.07. The third-order valence-electron chi connectivity index (χ3n) is 2.41. The largest absolute Gasteiger partial charge is 0.389 e. The first kappa shape index (κ1) is 12.4. The number of rotatable bonds is 2. The molecule has 0 bridgehead atoms. The summed E-state index contributed by atoms with van der Waals surface area (Å²) in [6.45, 7) is 6.08. The molecular formula is C13H14N2S. The second kappa shape index (κ2) is 4.91. The SMILES string of the molecule is Cc1cc(C)c(/C=C(/C#N)C(N)=S)c(C)c1. The summed E-state index contributed by atoms with van der Waals surface area (Å²) in [5.74, 6) is 0. The van der Waals surface area contributed by atoms with Crippen LogP contribution in [0.3, 0.4) is 0 Å². The van der Waals surface area contributed by atoms with Gasteiger partial charge < -0.3 is 5.73 Å². The van der Waals surface area contributed by atoms with Crippen LogP contribution in [0.2, 0.25) is 0 Å². The Hall–Kier alpha value is -1.66. The van der Waals surface area contributed by atoms with Crippen LogP contribution in [-0.4, -0.2) is 4.99 Å². The number of aryl methyl sites for hydroxylation is 3. The summed E-state index contributed by atoms with van der Waals surface area (Å²) in [5, 5.41) is 8.91. The van der Waals surface area contributed by atoms with Crippen molar-refractivity contribution in [1.29, 1.82) is 5.26 Å². The van der Waals surface area contributed by atoms with E-state index < -0.39 is 0 Å². The molecule has 0 unspecified atom stereocenters. The molecule has 2 N–H and O–H groups in total. The van der Waals surface area contributed by atoms with Crippen LogP contribution < -0.4 is 5.73 Å². The maximum atomic E-state index is 8.91. The summed E-state index contributed by atoms with van der Waals surface area (Å²) in [7, 11) is 0. The maximum Gasteiger partial charge on any atom is 0.114 e. The summed E-state index contributed by atoms with van der Waals surface area (Å²) in [5.41, 5.74) is 10.3. The van der Waals surface area contributed by atoms with Gasteiger partial charge in [0.15, 0.2) is 0 Å². The lowest BCUT2D eigenvalue weighted by atomic mass is 9.98. The zero-order valence-corrected chi connectivity index (χ0v) is 10.5. The van der Waals surface area contributed by atoms with Gasteiger partial charge in [-0.25, -0.2) is 0 Å². The second-order valence-electron chi connectivity index (χ2n) is 3.85. The Morgan fingerprint density at radius 3 is 2.19 bits per heavy atom. The summed E-state index contributed by atoms with van der Waals surface area (Å²) in [4.78, 5) is 0.141. The highest BCUT2D eigenvalue weighted by Crippen LogP contribution is 2.19. The van der Waals surface area contributed by atoms with Gasteiger partial charge in [0.1, 0.15) is 11.1 Å². The van der Waals surface area contributed by atoms with Gasteiger partial charge in [0, 0.05) is 0 Å². The van der Waals surface area contributed by atoms with Gasteiger partial charge >= 0.3 is 0 Å². The molecule has 0 fully saturated rings. The Balaban J connectivity index is 3.36. The minimum Gasteiger partial charge on any atom is -0.389 e. The lowest BCUT2D eigenvalue weighted by Crippen LogP contribution is -2.10. The molecule has 2 nitrogen and oxygen atoms in total. The van der Waals surface area contributed by atoms with Crippen LogP contribution in [0.1, 0.15) is 22.3 Å². The number of nitrogens with zero attached hydrogens (tertiary/aromatic N) is 1. The minimum atomic E-state index is 0.141. The van der Waals surface area contributed by atoms with Gasteiger partial charge in [-0.3, -0.25) is 0 Å². The minimum absolute atomic E-state index is 0.141. The van der Waals surface area contributed by atoms with Gasteiger partial charge in [-0.2, -0.15) is 5.26 Å². The predicted molar refractivity (Wildman–Crippen MR) is 71.0 cm³/mol. The molecule has 0 amide bonds. The first-order valence-corrected chi connectivity index (χ1v) is 5.36. The Bertz CT molecular complexity index is 484. The first-order chi connectivity index (χ1) is 7.45. The molecule has 82 valence electrons. The summed E-state index contributed by atoms with van der Waals surface area (Å²) in [6.07, 6.45) is 1.76. The van der Waals surface area contributed by atoms with E-state index in [1.165, 1.54) is 5.56 Å². The standard InChI is InChI=1S/C13H14N2S/c1-8-4-9(2)12(10(3)5-8)6-11(7-14)13(15)16/h4-6H,1-3H3,(H2,15,16)/b11-6-. The van der Waals surface area contributed by atoms with Crippen molar-refractivity contribution < 1.29 is 0 Å². The third-order valence-corrected chi connectivity index (χ3v) is 2.63. The third kappa shape index (κ3) is 2.68. The van der Waals surface area contributed by atoms with E-state index in [2.05, 4.69) is 12.1 Å². The molecule has 1 rings (SSSR count). The first-order valence-electron chi connectivity index (χ1n) is 4.95. The zero-order chi connectivity index (χ0) is 12.3. The van der Waals surface area contributed by atoms with Gasteiger partial charge in [-0.05, 0) is 43.5 Å². The van der Waals surface area contributed by atoms with Crippen molar-refractivity contribution in [3.05, 3.63) is 40.0 Å². The van der Waals surface area contributed by atoms with E-state index in [1.807, 2.05) is 26.8 Å². The molecule has 16 heavy (non-hydrogen) atoms. The fourth-order valence-corrected chi connectivity index (χ4v) is 1.83. The average Bonchev–Trinajstić information content (AvgIpc) is 2.15. The van der Waals surface area contributed by atoms with Gasteiger partial charge in [-0.1, -0.05) is 29.9 Å². The molecule has 0 atom stereocenters. The van der Waals surface area contributed by atoms with Crippen LogP contribution in [0, 0.1) is 32.1 Å². The highest BCUT2D eigenvalue weighted by atomic mass is 32.1. The van der Waals surface area contributed by atoms with E-state index >= 15 is 0 Å². The van der Waals surface area contributed by atoms with Crippen molar-refractivity contribution in [2.45, 2.75) is 20.8 Å². The van der Waals surface area contributed by atoms with Crippen molar-refractivity contribution in [3.8, 4) is 6.07 Å². The number of thiocarbonyl (C=S) groups is 1. The monoisotopic (exact) mass is 230 g/mol. The number of benzene rings is 1. The Labute approximate surface area is 101 Å². The maximum absolute atomic E-state index is 8.91. The molecule has 3 heteroatoms. The highest BCUT2D eigenvalue weighted by Gasteiger charge is 2.05. The zero-order valence-electron chi connectivity index (χ0n) is 9.66. The van der Waals surface area contributed by atoms with Gasteiger partial charge in [0.25, 0.3) is 0 Å². The molecule has 0 aromatic heterocycles. The Kier molecular flexibility index (Phi) is 3.81. The van der Waals surface area contributed by atoms with E-state index in [1.54, 1.807) is 6.08 Å².